The molecule has 5 nitrogen and oxygen atoms in total. The smallest absolute Gasteiger partial charge is 0.265 e. The predicted molar refractivity (Wildman–Crippen MR) is 88.2 cm³/mol. The first kappa shape index (κ1) is 15.9. The molecule has 0 aromatic heterocycles. The third kappa shape index (κ3) is 3.23. The van der Waals surface area contributed by atoms with E-state index in [9.17, 15) is 9.59 Å². The van der Waals surface area contributed by atoms with Crippen molar-refractivity contribution in [3.8, 4) is 5.75 Å². The number of rotatable bonds is 5. The van der Waals surface area contributed by atoms with Crippen LogP contribution in [0.25, 0.3) is 6.08 Å². The van der Waals surface area contributed by atoms with Crippen LogP contribution in [0.5, 0.6) is 5.75 Å². The van der Waals surface area contributed by atoms with Crippen molar-refractivity contribution in [2.45, 2.75) is 6.92 Å². The van der Waals surface area contributed by atoms with Crippen LogP contribution in [0.15, 0.2) is 42.5 Å². The molecule has 1 heterocycles. The summed E-state index contributed by atoms with van der Waals surface area (Å²) in [6.45, 7) is 6.18. The minimum Gasteiger partial charge on any atom is -0.493 e. The number of amides is 2. The van der Waals surface area contributed by atoms with Crippen LogP contribution in [0.1, 0.15) is 12.5 Å². The highest BCUT2D eigenvalue weighted by Gasteiger charge is 2.32. The van der Waals surface area contributed by atoms with E-state index in [-0.39, 0.29) is 17.2 Å². The number of carbonyl (C=O) groups is 2. The van der Waals surface area contributed by atoms with Crippen molar-refractivity contribution in [1.82, 2.24) is 10.2 Å². The van der Waals surface area contributed by atoms with Crippen LogP contribution >= 0.6 is 12.2 Å². The van der Waals surface area contributed by atoms with Gasteiger partial charge in [-0.25, -0.2) is 0 Å². The molecular weight excluding hydrogens is 300 g/mol. The highest BCUT2D eigenvalue weighted by atomic mass is 32.1. The maximum atomic E-state index is 12.4. The molecular formula is C16H16N2O3S. The summed E-state index contributed by atoms with van der Waals surface area (Å²) >= 11 is 5.01. The number of hydrogen-bond donors (Lipinski definition) is 1. The quantitative estimate of drug-likeness (QED) is 0.390. The van der Waals surface area contributed by atoms with Crippen LogP contribution in [-0.2, 0) is 9.59 Å². The molecule has 0 radical (unpaired) electrons. The Hall–Kier alpha value is -2.47. The number of benzene rings is 1. The first-order valence-electron chi connectivity index (χ1n) is 6.80. The zero-order valence-corrected chi connectivity index (χ0v) is 13.0. The zero-order chi connectivity index (χ0) is 16.1. The van der Waals surface area contributed by atoms with E-state index in [2.05, 4.69) is 11.9 Å². The van der Waals surface area contributed by atoms with Gasteiger partial charge in [-0.2, -0.15) is 0 Å². The topological polar surface area (TPSA) is 58.6 Å². The highest BCUT2D eigenvalue weighted by Crippen LogP contribution is 2.22. The van der Waals surface area contributed by atoms with E-state index in [0.717, 1.165) is 0 Å². The Morgan fingerprint density at radius 3 is 2.77 bits per heavy atom. The predicted octanol–water partition coefficient (Wildman–Crippen LogP) is 1.90. The summed E-state index contributed by atoms with van der Waals surface area (Å²) < 4.78 is 5.50. The summed E-state index contributed by atoms with van der Waals surface area (Å²) in [5.74, 6) is -0.344. The molecule has 0 atom stereocenters. The van der Waals surface area contributed by atoms with Crippen LogP contribution in [0.4, 0.5) is 0 Å². The Morgan fingerprint density at radius 1 is 1.36 bits per heavy atom. The van der Waals surface area contributed by atoms with Crippen molar-refractivity contribution in [2.24, 2.45) is 0 Å². The van der Waals surface area contributed by atoms with E-state index in [1.807, 2.05) is 19.1 Å². The lowest BCUT2D eigenvalue weighted by atomic mass is 10.1. The standard InChI is InChI=1S/C16H16N2O3S/c1-3-9-18-15(20)12(14(19)17-16(18)22)10-11-7-5-6-8-13(11)21-4-2/h3,5-8,10H,1,4,9H2,2H3,(H,17,19,22). The fraction of sp³-hybridized carbons (Fsp3) is 0.188. The second kappa shape index (κ2) is 7.00. The Balaban J connectivity index is 2.41. The van der Waals surface area contributed by atoms with Gasteiger partial charge < -0.3 is 4.74 Å². The number of nitrogens with one attached hydrogen (secondary N) is 1. The van der Waals surface area contributed by atoms with E-state index in [1.165, 1.54) is 11.0 Å². The van der Waals surface area contributed by atoms with Gasteiger partial charge in [0.05, 0.1) is 6.61 Å². The van der Waals surface area contributed by atoms with Crippen LogP contribution in [0.2, 0.25) is 0 Å². The molecule has 0 bridgehead atoms. The molecule has 0 unspecified atom stereocenters. The Bertz CT molecular complexity index is 667. The number of carbonyl (C=O) groups excluding carboxylic acids is 2. The Morgan fingerprint density at radius 2 is 2.09 bits per heavy atom. The summed E-state index contributed by atoms with van der Waals surface area (Å²) in [7, 11) is 0. The normalized spacial score (nSPS) is 16.7. The third-order valence-electron chi connectivity index (χ3n) is 3.02. The lowest BCUT2D eigenvalue weighted by Crippen LogP contribution is -2.53. The summed E-state index contributed by atoms with van der Waals surface area (Å²) in [6, 6.07) is 7.21. The van der Waals surface area contributed by atoms with Gasteiger partial charge >= 0.3 is 0 Å². The lowest BCUT2D eigenvalue weighted by molar-refractivity contribution is -0.128. The van der Waals surface area contributed by atoms with Crippen molar-refractivity contribution in [3.63, 3.8) is 0 Å². The zero-order valence-electron chi connectivity index (χ0n) is 12.2. The Kier molecular flexibility index (Phi) is 5.06. The minimum absolute atomic E-state index is 0.0163. The van der Waals surface area contributed by atoms with Crippen LogP contribution in [0.3, 0.4) is 0 Å². The van der Waals surface area contributed by atoms with Gasteiger partial charge in [0.25, 0.3) is 11.8 Å². The highest BCUT2D eigenvalue weighted by molar-refractivity contribution is 7.80. The average Bonchev–Trinajstić information content (AvgIpc) is 2.49. The van der Waals surface area contributed by atoms with Gasteiger partial charge in [-0.15, -0.1) is 6.58 Å². The van der Waals surface area contributed by atoms with E-state index in [4.69, 9.17) is 17.0 Å². The lowest BCUT2D eigenvalue weighted by Gasteiger charge is -2.27. The molecule has 2 amide bonds. The van der Waals surface area contributed by atoms with E-state index < -0.39 is 11.8 Å². The monoisotopic (exact) mass is 316 g/mol. The second-order valence-electron chi connectivity index (χ2n) is 4.49. The molecule has 6 heteroatoms. The van der Waals surface area contributed by atoms with E-state index >= 15 is 0 Å². The molecule has 114 valence electrons. The van der Waals surface area contributed by atoms with Gasteiger partial charge in [-0.3, -0.25) is 19.8 Å². The van der Waals surface area contributed by atoms with Crippen molar-refractivity contribution >= 4 is 35.2 Å². The molecule has 1 aliphatic rings. The van der Waals surface area contributed by atoms with Gasteiger partial charge in [0.15, 0.2) is 5.11 Å². The van der Waals surface area contributed by atoms with Crippen LogP contribution in [0, 0.1) is 0 Å². The number of nitrogens with zero attached hydrogens (tertiary/aromatic N) is 1. The fourth-order valence-corrected chi connectivity index (χ4v) is 2.28. The molecule has 1 aromatic rings. The average molecular weight is 316 g/mol. The largest absolute Gasteiger partial charge is 0.493 e. The maximum Gasteiger partial charge on any atom is 0.265 e. The first-order valence-corrected chi connectivity index (χ1v) is 7.21. The molecule has 0 aliphatic carbocycles. The molecule has 1 fully saturated rings. The van der Waals surface area contributed by atoms with Gasteiger partial charge in [-0.05, 0) is 31.3 Å². The summed E-state index contributed by atoms with van der Waals surface area (Å²) in [4.78, 5) is 25.8. The summed E-state index contributed by atoms with van der Waals surface area (Å²) in [6.07, 6.45) is 3.06. The maximum absolute atomic E-state index is 12.4. The SMILES string of the molecule is C=CCN1C(=O)C(=Cc2ccccc2OCC)C(=O)NC1=S. The number of para-hydroxylation sites is 1. The van der Waals surface area contributed by atoms with E-state index in [0.29, 0.717) is 17.9 Å². The molecule has 2 rings (SSSR count). The van der Waals surface area contributed by atoms with Crippen LogP contribution < -0.4 is 10.1 Å². The molecule has 22 heavy (non-hydrogen) atoms. The number of hydrogen-bond acceptors (Lipinski definition) is 4. The third-order valence-corrected chi connectivity index (χ3v) is 3.34. The molecule has 0 saturated carbocycles. The van der Waals surface area contributed by atoms with Gasteiger partial charge in [0.2, 0.25) is 0 Å². The fourth-order valence-electron chi connectivity index (χ4n) is 2.03. The van der Waals surface area contributed by atoms with Crippen molar-refractivity contribution in [2.75, 3.05) is 13.2 Å². The van der Waals surface area contributed by atoms with E-state index in [1.54, 1.807) is 18.2 Å². The number of ether oxygens (including phenoxy) is 1. The Labute approximate surface area is 134 Å². The van der Waals surface area contributed by atoms with Crippen molar-refractivity contribution in [1.29, 1.82) is 0 Å². The van der Waals surface area contributed by atoms with Gasteiger partial charge in [0, 0.05) is 12.1 Å². The molecule has 1 aliphatic heterocycles. The van der Waals surface area contributed by atoms with Crippen molar-refractivity contribution in [3.05, 3.63) is 48.1 Å². The van der Waals surface area contributed by atoms with Gasteiger partial charge in [0.1, 0.15) is 11.3 Å². The summed E-state index contributed by atoms with van der Waals surface area (Å²) in [5.41, 5.74) is 0.678. The summed E-state index contributed by atoms with van der Waals surface area (Å²) in [5, 5.41) is 2.60. The molecule has 1 N–H and O–H groups in total. The van der Waals surface area contributed by atoms with Crippen LogP contribution in [-0.4, -0.2) is 35.0 Å². The molecule has 1 saturated heterocycles. The first-order chi connectivity index (χ1) is 10.6. The second-order valence-corrected chi connectivity index (χ2v) is 4.88. The minimum atomic E-state index is -0.512. The molecule has 0 spiro atoms. The number of thiocarbonyl (C=S) groups is 1. The van der Waals surface area contributed by atoms with Crippen molar-refractivity contribution < 1.29 is 14.3 Å². The van der Waals surface area contributed by atoms with Gasteiger partial charge in [-0.1, -0.05) is 24.3 Å². The molecule has 1 aromatic carbocycles.